The van der Waals surface area contributed by atoms with E-state index in [9.17, 15) is 10.2 Å². The van der Waals surface area contributed by atoms with Crippen molar-refractivity contribution in [2.24, 2.45) is 11.8 Å². The van der Waals surface area contributed by atoms with Crippen LogP contribution in [0.3, 0.4) is 0 Å². The SMILES string of the molecule is CCCC1C(C)C1(C)c1cc(C)cc(C(CC)(CC)Pc2ccccc2C(O)c2ccccc2)c1O. The van der Waals surface area contributed by atoms with Crippen LogP contribution in [0.1, 0.15) is 94.2 Å². The highest BCUT2D eigenvalue weighted by Crippen LogP contribution is 2.64. The van der Waals surface area contributed by atoms with Gasteiger partial charge in [0.15, 0.2) is 0 Å². The fourth-order valence-corrected chi connectivity index (χ4v) is 8.23. The lowest BCUT2D eigenvalue weighted by Crippen LogP contribution is -2.25. The second-order valence-electron chi connectivity index (χ2n) is 11.0. The summed E-state index contributed by atoms with van der Waals surface area (Å²) in [6, 6.07) is 22.7. The summed E-state index contributed by atoms with van der Waals surface area (Å²) in [5.74, 6) is 1.72. The Hall–Kier alpha value is -2.15. The standard InChI is InChI=1S/C33H43O2P/c1-7-15-26-23(5)32(26,6)27-20-22(4)21-28(31(27)35)33(8-2,9-3)36-29-19-14-13-18-25(29)30(34)24-16-11-10-12-17-24/h10-14,16-21,23,26,30,34-36H,7-9,15H2,1-6H3. The summed E-state index contributed by atoms with van der Waals surface area (Å²) in [7, 11) is 0.441. The molecule has 1 aliphatic carbocycles. The number of aromatic hydroxyl groups is 1. The molecular formula is C33H43O2P. The van der Waals surface area contributed by atoms with E-state index >= 15 is 0 Å². The predicted octanol–water partition coefficient (Wildman–Crippen LogP) is 8.13. The molecule has 4 rings (SSSR count). The van der Waals surface area contributed by atoms with E-state index < -0.39 is 6.10 Å². The average Bonchev–Trinajstić information content (AvgIpc) is 3.43. The van der Waals surface area contributed by atoms with Gasteiger partial charge in [0.05, 0.1) is 0 Å². The molecule has 5 atom stereocenters. The van der Waals surface area contributed by atoms with Gasteiger partial charge >= 0.3 is 0 Å². The monoisotopic (exact) mass is 502 g/mol. The van der Waals surface area contributed by atoms with E-state index in [4.69, 9.17) is 0 Å². The van der Waals surface area contributed by atoms with Crippen molar-refractivity contribution in [1.82, 2.24) is 0 Å². The molecule has 3 aromatic rings. The third-order valence-electron chi connectivity index (χ3n) is 9.11. The molecule has 0 bridgehead atoms. The molecule has 2 nitrogen and oxygen atoms in total. The van der Waals surface area contributed by atoms with E-state index in [2.05, 4.69) is 71.9 Å². The second kappa shape index (κ2) is 10.7. The minimum absolute atomic E-state index is 0.0403. The second-order valence-corrected chi connectivity index (χ2v) is 12.7. The van der Waals surface area contributed by atoms with E-state index in [1.807, 2.05) is 36.4 Å². The summed E-state index contributed by atoms with van der Waals surface area (Å²) in [5, 5.41) is 24.2. The maximum Gasteiger partial charge on any atom is 0.123 e. The summed E-state index contributed by atoms with van der Waals surface area (Å²) >= 11 is 0. The van der Waals surface area contributed by atoms with Crippen LogP contribution >= 0.6 is 8.58 Å². The molecule has 0 saturated heterocycles. The molecule has 2 N–H and O–H groups in total. The maximum atomic E-state index is 11.9. The molecule has 1 aliphatic rings. The average molecular weight is 503 g/mol. The minimum atomic E-state index is -0.663. The van der Waals surface area contributed by atoms with Crippen molar-refractivity contribution in [2.45, 2.75) is 83.9 Å². The summed E-state index contributed by atoms with van der Waals surface area (Å²) in [6.07, 6.45) is 3.58. The highest BCUT2D eigenvalue weighted by atomic mass is 31.1. The van der Waals surface area contributed by atoms with E-state index in [1.165, 1.54) is 23.7 Å². The number of rotatable bonds is 10. The molecule has 36 heavy (non-hydrogen) atoms. The first-order valence-electron chi connectivity index (χ1n) is 13.7. The van der Waals surface area contributed by atoms with Gasteiger partial charge in [0.1, 0.15) is 11.9 Å². The van der Waals surface area contributed by atoms with Crippen LogP contribution in [0.15, 0.2) is 66.7 Å². The Labute approximate surface area is 220 Å². The van der Waals surface area contributed by atoms with Gasteiger partial charge in [-0.25, -0.2) is 0 Å². The molecule has 3 heteroatoms. The van der Waals surface area contributed by atoms with Crippen LogP contribution in [0.4, 0.5) is 0 Å². The Morgan fingerprint density at radius 3 is 2.25 bits per heavy atom. The van der Waals surface area contributed by atoms with Gasteiger partial charge in [-0.2, -0.15) is 0 Å². The molecule has 0 radical (unpaired) electrons. The Balaban J connectivity index is 1.78. The van der Waals surface area contributed by atoms with Gasteiger partial charge in [-0.3, -0.25) is 0 Å². The van der Waals surface area contributed by atoms with Crippen molar-refractivity contribution in [2.75, 3.05) is 0 Å². The van der Waals surface area contributed by atoms with Gasteiger partial charge < -0.3 is 10.2 Å². The van der Waals surface area contributed by atoms with E-state index in [0.717, 1.165) is 35.1 Å². The van der Waals surface area contributed by atoms with Crippen molar-refractivity contribution in [3.63, 3.8) is 0 Å². The molecule has 0 heterocycles. The van der Waals surface area contributed by atoms with Gasteiger partial charge in [0.2, 0.25) is 0 Å². The molecule has 1 fully saturated rings. The van der Waals surface area contributed by atoms with Crippen LogP contribution in [0.5, 0.6) is 5.75 Å². The number of aliphatic hydroxyl groups excluding tert-OH is 1. The van der Waals surface area contributed by atoms with Crippen molar-refractivity contribution in [1.29, 1.82) is 0 Å². The molecular weight excluding hydrogens is 459 g/mol. The first kappa shape index (κ1) is 26.9. The first-order valence-corrected chi connectivity index (χ1v) is 14.7. The van der Waals surface area contributed by atoms with Gasteiger partial charge in [-0.05, 0) is 54.5 Å². The van der Waals surface area contributed by atoms with Crippen LogP contribution in [0.2, 0.25) is 0 Å². The molecule has 5 unspecified atom stereocenters. The molecule has 3 aromatic carbocycles. The Kier molecular flexibility index (Phi) is 7.98. The summed E-state index contributed by atoms with van der Waals surface area (Å²) in [6.45, 7) is 13.6. The zero-order valence-corrected chi connectivity index (χ0v) is 23.8. The number of hydrogen-bond acceptors (Lipinski definition) is 2. The Bertz CT molecular complexity index is 1180. The van der Waals surface area contributed by atoms with Crippen molar-refractivity contribution >= 4 is 13.9 Å². The molecule has 1 saturated carbocycles. The summed E-state index contributed by atoms with van der Waals surface area (Å²) in [4.78, 5) is 0. The maximum absolute atomic E-state index is 11.9. The van der Waals surface area contributed by atoms with E-state index in [1.54, 1.807) is 0 Å². The number of hydrogen-bond donors (Lipinski definition) is 2. The van der Waals surface area contributed by atoms with E-state index in [0.29, 0.717) is 26.2 Å². The normalized spacial score (nSPS) is 22.8. The van der Waals surface area contributed by atoms with Gasteiger partial charge in [0, 0.05) is 21.7 Å². The van der Waals surface area contributed by atoms with Crippen molar-refractivity contribution < 1.29 is 10.2 Å². The number of phenolic OH excluding ortho intramolecular Hbond substituents is 1. The lowest BCUT2D eigenvalue weighted by molar-refractivity contribution is 0.221. The van der Waals surface area contributed by atoms with E-state index in [-0.39, 0.29) is 10.6 Å². The van der Waals surface area contributed by atoms with Crippen molar-refractivity contribution in [3.05, 3.63) is 94.5 Å². The lowest BCUT2D eigenvalue weighted by Gasteiger charge is -2.36. The zero-order valence-electron chi connectivity index (χ0n) is 22.8. The van der Waals surface area contributed by atoms with Gasteiger partial charge in [-0.1, -0.05) is 122 Å². The number of phenols is 1. The summed E-state index contributed by atoms with van der Waals surface area (Å²) in [5.41, 5.74) is 5.36. The summed E-state index contributed by atoms with van der Waals surface area (Å²) < 4.78 is 0. The third kappa shape index (κ3) is 4.64. The Morgan fingerprint density at radius 1 is 0.972 bits per heavy atom. The van der Waals surface area contributed by atoms with Crippen LogP contribution in [0, 0.1) is 18.8 Å². The third-order valence-corrected chi connectivity index (χ3v) is 11.3. The molecule has 0 aliphatic heterocycles. The molecule has 0 amide bonds. The fraction of sp³-hybridized carbons (Fsp3) is 0.455. The quantitative estimate of drug-likeness (QED) is 0.275. The smallest absolute Gasteiger partial charge is 0.123 e. The molecule has 0 spiro atoms. The highest BCUT2D eigenvalue weighted by molar-refractivity contribution is 7.48. The van der Waals surface area contributed by atoms with Crippen LogP contribution in [0.25, 0.3) is 0 Å². The lowest BCUT2D eigenvalue weighted by atomic mass is 9.83. The van der Waals surface area contributed by atoms with Crippen LogP contribution in [-0.4, -0.2) is 10.2 Å². The number of aliphatic hydroxyl groups is 1. The van der Waals surface area contributed by atoms with Crippen LogP contribution in [-0.2, 0) is 10.6 Å². The molecule has 0 aromatic heterocycles. The topological polar surface area (TPSA) is 40.5 Å². The van der Waals surface area contributed by atoms with Gasteiger partial charge in [-0.15, -0.1) is 0 Å². The van der Waals surface area contributed by atoms with Gasteiger partial charge in [0.25, 0.3) is 0 Å². The predicted molar refractivity (Wildman–Crippen MR) is 155 cm³/mol. The number of benzene rings is 3. The highest BCUT2D eigenvalue weighted by Gasteiger charge is 2.59. The zero-order chi connectivity index (χ0) is 26.1. The van der Waals surface area contributed by atoms with Crippen LogP contribution < -0.4 is 5.30 Å². The fourth-order valence-electron chi connectivity index (χ4n) is 6.49. The minimum Gasteiger partial charge on any atom is -0.507 e. The molecule has 192 valence electrons. The Morgan fingerprint density at radius 2 is 1.61 bits per heavy atom. The largest absolute Gasteiger partial charge is 0.507 e. The number of aryl methyl sites for hydroxylation is 1. The first-order chi connectivity index (χ1) is 17.2. The van der Waals surface area contributed by atoms with Crippen molar-refractivity contribution in [3.8, 4) is 5.75 Å².